The molecule has 23 heavy (non-hydrogen) atoms. The van der Waals surface area contributed by atoms with E-state index in [4.69, 9.17) is 4.74 Å². The van der Waals surface area contributed by atoms with Crippen LogP contribution in [0.3, 0.4) is 0 Å². The van der Waals surface area contributed by atoms with Crippen LogP contribution in [0.2, 0.25) is 0 Å². The summed E-state index contributed by atoms with van der Waals surface area (Å²) in [6.07, 6.45) is 1.28. The van der Waals surface area contributed by atoms with Crippen molar-refractivity contribution < 1.29 is 9.53 Å². The third kappa shape index (κ3) is 5.87. The van der Waals surface area contributed by atoms with Crippen LogP contribution in [-0.4, -0.2) is 23.1 Å². The first kappa shape index (κ1) is 17.8. The number of carbonyl (C=O) groups is 1. The highest BCUT2D eigenvalue weighted by Gasteiger charge is 2.19. The minimum Gasteiger partial charge on any atom is -0.444 e. The molecule has 0 unspecified atom stereocenters. The van der Waals surface area contributed by atoms with Crippen LogP contribution in [0.15, 0.2) is 42.5 Å². The number of fused-ring (bicyclic) bond motifs is 1. The minimum atomic E-state index is -0.480. The molecule has 2 aromatic carbocycles. The number of nitrogens with one attached hydrogen (secondary N) is 1. The predicted molar refractivity (Wildman–Crippen MR) is 99.2 cm³/mol. The molecule has 0 radical (unpaired) electrons. The zero-order valence-electron chi connectivity index (χ0n) is 13.9. The third-order valence-corrected chi connectivity index (χ3v) is 3.93. The molecule has 124 valence electrons. The van der Waals surface area contributed by atoms with Gasteiger partial charge < -0.3 is 10.1 Å². The van der Waals surface area contributed by atoms with Gasteiger partial charge >= 0.3 is 6.09 Å². The molecule has 2 aromatic rings. The molecule has 1 atom stereocenters. The summed E-state index contributed by atoms with van der Waals surface area (Å²) >= 11 is 3.46. The number of alkyl halides is 1. The molecule has 0 spiro atoms. The highest BCUT2D eigenvalue weighted by atomic mass is 79.9. The van der Waals surface area contributed by atoms with E-state index in [-0.39, 0.29) is 12.1 Å². The fourth-order valence-electron chi connectivity index (χ4n) is 2.48. The van der Waals surface area contributed by atoms with Crippen LogP contribution in [0.4, 0.5) is 4.79 Å². The van der Waals surface area contributed by atoms with Gasteiger partial charge in [0.25, 0.3) is 0 Å². The van der Waals surface area contributed by atoms with Crippen molar-refractivity contribution in [2.75, 3.05) is 5.33 Å². The van der Waals surface area contributed by atoms with Crippen LogP contribution < -0.4 is 5.32 Å². The number of rotatable bonds is 5. The van der Waals surface area contributed by atoms with Crippen LogP contribution in [0.5, 0.6) is 0 Å². The smallest absolute Gasteiger partial charge is 0.407 e. The Morgan fingerprint density at radius 2 is 1.87 bits per heavy atom. The topological polar surface area (TPSA) is 38.3 Å². The van der Waals surface area contributed by atoms with Gasteiger partial charge in [-0.25, -0.2) is 4.79 Å². The molecule has 0 aliphatic rings. The molecule has 0 fully saturated rings. The molecular weight excluding hydrogens is 354 g/mol. The number of amides is 1. The van der Waals surface area contributed by atoms with Gasteiger partial charge in [0.1, 0.15) is 5.60 Å². The van der Waals surface area contributed by atoms with Crippen molar-refractivity contribution in [1.82, 2.24) is 5.32 Å². The first-order valence-electron chi connectivity index (χ1n) is 7.90. The zero-order chi connectivity index (χ0) is 16.9. The summed E-state index contributed by atoms with van der Waals surface area (Å²) in [7, 11) is 0. The minimum absolute atomic E-state index is 0.0467. The number of carbonyl (C=O) groups excluding carboxylic acids is 1. The van der Waals surface area contributed by atoms with Crippen molar-refractivity contribution in [1.29, 1.82) is 0 Å². The van der Waals surface area contributed by atoms with E-state index in [1.807, 2.05) is 32.9 Å². The third-order valence-electron chi connectivity index (χ3n) is 3.47. The maximum atomic E-state index is 12.0. The Labute approximate surface area is 146 Å². The summed E-state index contributed by atoms with van der Waals surface area (Å²) in [6.45, 7) is 5.61. The van der Waals surface area contributed by atoms with E-state index in [0.29, 0.717) is 0 Å². The van der Waals surface area contributed by atoms with Crippen molar-refractivity contribution in [3.8, 4) is 0 Å². The Bertz CT molecular complexity index is 664. The van der Waals surface area contributed by atoms with E-state index in [2.05, 4.69) is 51.6 Å². The predicted octanol–water partition coefficient (Wildman–Crippen LogP) is 5.06. The van der Waals surface area contributed by atoms with Gasteiger partial charge in [-0.1, -0.05) is 58.4 Å². The summed E-state index contributed by atoms with van der Waals surface area (Å²) in [5, 5.41) is 6.27. The molecule has 0 bridgehead atoms. The molecule has 0 aliphatic heterocycles. The van der Waals surface area contributed by atoms with Crippen molar-refractivity contribution in [3.63, 3.8) is 0 Å². The lowest BCUT2D eigenvalue weighted by molar-refractivity contribution is 0.0503. The highest BCUT2D eigenvalue weighted by molar-refractivity contribution is 9.09. The largest absolute Gasteiger partial charge is 0.444 e. The SMILES string of the molecule is CC(C)(C)OC(=O)N[C@H](CCBr)Cc1ccc2ccccc2c1. The summed E-state index contributed by atoms with van der Waals surface area (Å²) in [4.78, 5) is 12.0. The van der Waals surface area contributed by atoms with Gasteiger partial charge in [-0.2, -0.15) is 0 Å². The second kappa shape index (κ2) is 7.82. The normalized spacial score (nSPS) is 12.9. The molecule has 0 aromatic heterocycles. The van der Waals surface area contributed by atoms with Crippen molar-refractivity contribution in [3.05, 3.63) is 48.0 Å². The fraction of sp³-hybridized carbons (Fsp3) is 0.421. The molecule has 0 saturated heterocycles. The summed E-state index contributed by atoms with van der Waals surface area (Å²) in [6, 6.07) is 14.8. The average Bonchev–Trinajstić information content (AvgIpc) is 2.45. The Kier molecular flexibility index (Phi) is 6.05. The number of ether oxygens (including phenoxy) is 1. The molecule has 3 nitrogen and oxygen atoms in total. The number of hydrogen-bond acceptors (Lipinski definition) is 2. The standard InChI is InChI=1S/C19H24BrNO2/c1-19(2,3)23-18(22)21-17(10-11-20)13-14-8-9-15-6-4-5-7-16(15)12-14/h4-9,12,17H,10-11,13H2,1-3H3,(H,21,22)/t17-/m1/s1. The van der Waals surface area contributed by atoms with Crippen LogP contribution in [0.1, 0.15) is 32.8 Å². The Hall–Kier alpha value is -1.55. The van der Waals surface area contributed by atoms with E-state index < -0.39 is 5.60 Å². The Balaban J connectivity index is 2.06. The monoisotopic (exact) mass is 377 g/mol. The van der Waals surface area contributed by atoms with E-state index in [1.54, 1.807) is 0 Å². The van der Waals surface area contributed by atoms with Gasteiger partial charge in [-0.3, -0.25) is 0 Å². The van der Waals surface area contributed by atoms with E-state index in [9.17, 15) is 4.79 Å². The van der Waals surface area contributed by atoms with Gasteiger partial charge in [0.15, 0.2) is 0 Å². The number of alkyl carbamates (subject to hydrolysis) is 1. The first-order chi connectivity index (χ1) is 10.9. The average molecular weight is 378 g/mol. The second-order valence-electron chi connectivity index (χ2n) is 6.71. The van der Waals surface area contributed by atoms with Crippen molar-refractivity contribution in [2.24, 2.45) is 0 Å². The van der Waals surface area contributed by atoms with Crippen LogP contribution in [0.25, 0.3) is 10.8 Å². The maximum Gasteiger partial charge on any atom is 0.407 e. The second-order valence-corrected chi connectivity index (χ2v) is 7.50. The molecule has 1 amide bonds. The van der Waals surface area contributed by atoms with Crippen LogP contribution in [0, 0.1) is 0 Å². The molecule has 4 heteroatoms. The molecule has 1 N–H and O–H groups in total. The molecular formula is C19H24BrNO2. The molecule has 0 aliphatic carbocycles. The van der Waals surface area contributed by atoms with Gasteiger partial charge in [-0.15, -0.1) is 0 Å². The Morgan fingerprint density at radius 3 is 2.52 bits per heavy atom. The van der Waals surface area contributed by atoms with Gasteiger partial charge in [-0.05, 0) is 49.9 Å². The quantitative estimate of drug-likeness (QED) is 0.739. The van der Waals surface area contributed by atoms with Gasteiger partial charge in [0.05, 0.1) is 0 Å². The molecule has 0 saturated carbocycles. The maximum absolute atomic E-state index is 12.0. The summed E-state index contributed by atoms with van der Waals surface area (Å²) in [5.41, 5.74) is 0.733. The van der Waals surface area contributed by atoms with Crippen LogP contribution in [-0.2, 0) is 11.2 Å². The number of halogens is 1. The van der Waals surface area contributed by atoms with Gasteiger partial charge in [0, 0.05) is 11.4 Å². The van der Waals surface area contributed by atoms with E-state index in [1.165, 1.54) is 16.3 Å². The lowest BCUT2D eigenvalue weighted by Crippen LogP contribution is -2.40. The van der Waals surface area contributed by atoms with E-state index >= 15 is 0 Å². The van der Waals surface area contributed by atoms with Crippen molar-refractivity contribution >= 4 is 32.8 Å². The van der Waals surface area contributed by atoms with Crippen LogP contribution >= 0.6 is 15.9 Å². The highest BCUT2D eigenvalue weighted by Crippen LogP contribution is 2.18. The lowest BCUT2D eigenvalue weighted by atomic mass is 10.0. The number of hydrogen-bond donors (Lipinski definition) is 1. The fourth-order valence-corrected chi connectivity index (χ4v) is 3.03. The van der Waals surface area contributed by atoms with Crippen molar-refractivity contribution in [2.45, 2.75) is 45.3 Å². The number of benzene rings is 2. The first-order valence-corrected chi connectivity index (χ1v) is 9.03. The lowest BCUT2D eigenvalue weighted by Gasteiger charge is -2.23. The molecule has 0 heterocycles. The van der Waals surface area contributed by atoms with Gasteiger partial charge in [0.2, 0.25) is 0 Å². The molecule has 2 rings (SSSR count). The zero-order valence-corrected chi connectivity index (χ0v) is 15.5. The summed E-state index contributed by atoms with van der Waals surface area (Å²) < 4.78 is 5.36. The summed E-state index contributed by atoms with van der Waals surface area (Å²) in [5.74, 6) is 0. The Morgan fingerprint density at radius 1 is 1.17 bits per heavy atom. The van der Waals surface area contributed by atoms with E-state index in [0.717, 1.165) is 18.2 Å².